The zero-order valence-electron chi connectivity index (χ0n) is 20.5. The van der Waals surface area contributed by atoms with Gasteiger partial charge < -0.3 is 19.4 Å². The molecule has 1 atom stereocenters. The van der Waals surface area contributed by atoms with Crippen LogP contribution in [0.15, 0.2) is 47.5 Å². The number of halogens is 6. The maximum Gasteiger partial charge on any atom is 0.434 e. The highest BCUT2D eigenvalue weighted by Gasteiger charge is 2.37. The van der Waals surface area contributed by atoms with E-state index in [9.17, 15) is 35.9 Å². The van der Waals surface area contributed by atoms with Gasteiger partial charge in [0.15, 0.2) is 11.5 Å². The van der Waals surface area contributed by atoms with E-state index in [0.29, 0.717) is 36.8 Å². The molecule has 10 nitrogen and oxygen atoms in total. The van der Waals surface area contributed by atoms with Gasteiger partial charge in [-0.1, -0.05) is 12.1 Å². The van der Waals surface area contributed by atoms with Gasteiger partial charge in [0.2, 0.25) is 5.91 Å². The maximum atomic E-state index is 13.4. The number of hydrogen-bond acceptors (Lipinski definition) is 8. The first-order valence-corrected chi connectivity index (χ1v) is 12.0. The van der Waals surface area contributed by atoms with Crippen LogP contribution < -0.4 is 20.1 Å². The smallest absolute Gasteiger partial charge is 0.434 e. The Labute approximate surface area is 222 Å². The van der Waals surface area contributed by atoms with E-state index >= 15 is 0 Å². The van der Waals surface area contributed by atoms with Crippen molar-refractivity contribution < 1.29 is 35.9 Å². The minimum atomic E-state index is -4.89. The van der Waals surface area contributed by atoms with Crippen LogP contribution in [-0.4, -0.2) is 69.8 Å². The number of carbonyl (C=O) groups is 1. The summed E-state index contributed by atoms with van der Waals surface area (Å²) in [4.78, 5) is 36.8. The summed E-state index contributed by atoms with van der Waals surface area (Å²) >= 11 is 0. The summed E-state index contributed by atoms with van der Waals surface area (Å²) in [5, 5.41) is 5.68. The lowest BCUT2D eigenvalue weighted by molar-refractivity contribution is -0.141. The Morgan fingerprint density at radius 2 is 1.70 bits per heavy atom. The van der Waals surface area contributed by atoms with Crippen molar-refractivity contribution in [3.05, 3.63) is 64.3 Å². The minimum absolute atomic E-state index is 0.0137. The second kappa shape index (κ2) is 10.3. The predicted octanol–water partition coefficient (Wildman–Crippen LogP) is 3.24. The van der Waals surface area contributed by atoms with Crippen LogP contribution in [-0.2, 0) is 17.1 Å². The number of anilines is 3. The minimum Gasteiger partial charge on any atom is -0.486 e. The molecule has 0 aliphatic carbocycles. The van der Waals surface area contributed by atoms with Crippen LogP contribution in [0.2, 0.25) is 0 Å². The van der Waals surface area contributed by atoms with Gasteiger partial charge in [0.05, 0.1) is 31.0 Å². The molecule has 40 heavy (non-hydrogen) atoms. The van der Waals surface area contributed by atoms with Crippen molar-refractivity contribution in [2.45, 2.75) is 24.9 Å². The number of para-hydroxylation sites is 2. The number of benzene rings is 1. The molecule has 2 aromatic heterocycles. The van der Waals surface area contributed by atoms with Gasteiger partial charge in [-0.2, -0.15) is 31.4 Å². The molecule has 1 fully saturated rings. The molecule has 16 heteroatoms. The van der Waals surface area contributed by atoms with E-state index in [1.165, 1.54) is 4.90 Å². The van der Waals surface area contributed by atoms with Crippen molar-refractivity contribution in [2.24, 2.45) is 0 Å². The van der Waals surface area contributed by atoms with Gasteiger partial charge in [-0.25, -0.2) is 15.1 Å². The number of carbonyl (C=O) groups excluding carboxylic acids is 1. The summed E-state index contributed by atoms with van der Waals surface area (Å²) in [6.07, 6.45) is -8.63. The van der Waals surface area contributed by atoms with Crippen LogP contribution in [0.3, 0.4) is 0 Å². The number of nitrogens with zero attached hydrogens (tertiary/aromatic N) is 6. The number of piperazine rings is 1. The van der Waals surface area contributed by atoms with Crippen molar-refractivity contribution in [2.75, 3.05) is 42.5 Å². The number of ether oxygens (including phenoxy) is 1. The second-order valence-corrected chi connectivity index (χ2v) is 9.11. The average Bonchev–Trinajstić information content (AvgIpc) is 2.92. The van der Waals surface area contributed by atoms with Gasteiger partial charge in [-0.3, -0.25) is 9.59 Å². The summed E-state index contributed by atoms with van der Waals surface area (Å²) < 4.78 is 84.2. The first-order chi connectivity index (χ1) is 18.9. The third kappa shape index (κ3) is 5.65. The number of fused-ring (bicyclic) bond motifs is 1. The molecule has 0 radical (unpaired) electrons. The lowest BCUT2D eigenvalue weighted by Crippen LogP contribution is -2.50. The number of rotatable bonds is 4. The van der Waals surface area contributed by atoms with Gasteiger partial charge in [0.1, 0.15) is 23.2 Å². The van der Waals surface area contributed by atoms with Crippen molar-refractivity contribution >= 4 is 23.2 Å². The fraction of sp³-hybridized carbons (Fsp3) is 0.375. The monoisotopic (exact) mass is 569 g/mol. The molecule has 1 amide bonds. The Morgan fingerprint density at radius 1 is 0.975 bits per heavy atom. The average molecular weight is 569 g/mol. The van der Waals surface area contributed by atoms with Crippen LogP contribution in [0.5, 0.6) is 5.75 Å². The molecule has 1 saturated heterocycles. The van der Waals surface area contributed by atoms with Crippen molar-refractivity contribution in [1.82, 2.24) is 25.1 Å². The van der Waals surface area contributed by atoms with Crippen molar-refractivity contribution in [3.63, 3.8) is 0 Å². The largest absolute Gasteiger partial charge is 0.486 e. The highest BCUT2D eigenvalue weighted by molar-refractivity contribution is 5.78. The Kier molecular flexibility index (Phi) is 7.01. The number of aromatic nitrogens is 4. The fourth-order valence-corrected chi connectivity index (χ4v) is 4.51. The second-order valence-electron chi connectivity index (χ2n) is 9.11. The molecule has 212 valence electrons. The molecule has 2 aliphatic heterocycles. The zero-order valence-corrected chi connectivity index (χ0v) is 20.5. The summed E-state index contributed by atoms with van der Waals surface area (Å²) in [7, 11) is 0. The zero-order chi connectivity index (χ0) is 28.7. The summed E-state index contributed by atoms with van der Waals surface area (Å²) in [6, 6.07) is 7.22. The third-order valence-corrected chi connectivity index (χ3v) is 6.50. The quantitative estimate of drug-likeness (QED) is 0.478. The van der Waals surface area contributed by atoms with Crippen LogP contribution >= 0.6 is 0 Å². The van der Waals surface area contributed by atoms with E-state index in [4.69, 9.17) is 4.74 Å². The van der Waals surface area contributed by atoms with E-state index in [2.05, 4.69) is 15.1 Å². The molecule has 0 saturated carbocycles. The number of amides is 1. The first kappa shape index (κ1) is 27.2. The van der Waals surface area contributed by atoms with E-state index in [1.54, 1.807) is 34.1 Å². The SMILES string of the molecule is O=C(C[C@@H]1CN(c2cc(C(F)(F)F)c(=O)[nH]n2)c2ccccc2O1)N1CCN(c2cnc(C(F)(F)F)cn2)CC1. The topological polar surface area (TPSA) is 108 Å². The molecular weight excluding hydrogens is 548 g/mol. The third-order valence-electron chi connectivity index (χ3n) is 6.50. The lowest BCUT2D eigenvalue weighted by Gasteiger charge is -2.38. The molecule has 0 bridgehead atoms. The highest BCUT2D eigenvalue weighted by Crippen LogP contribution is 2.39. The fourth-order valence-electron chi connectivity index (χ4n) is 4.51. The van der Waals surface area contributed by atoms with E-state index < -0.39 is 35.3 Å². The molecule has 3 aromatic rings. The van der Waals surface area contributed by atoms with Gasteiger partial charge in [-0.15, -0.1) is 0 Å². The van der Waals surface area contributed by atoms with E-state index in [0.717, 1.165) is 6.20 Å². The summed E-state index contributed by atoms with van der Waals surface area (Å²) in [6.45, 7) is 1.15. The normalized spacial score (nSPS) is 17.9. The van der Waals surface area contributed by atoms with E-state index in [-0.39, 0.29) is 43.6 Å². The van der Waals surface area contributed by atoms with Crippen molar-refractivity contribution in [1.29, 1.82) is 0 Å². The molecule has 4 heterocycles. The molecule has 1 N–H and O–H groups in total. The molecule has 0 unspecified atom stereocenters. The Morgan fingerprint density at radius 3 is 2.35 bits per heavy atom. The number of alkyl halides is 6. The number of H-pyrrole nitrogens is 1. The van der Waals surface area contributed by atoms with Gasteiger partial charge in [-0.05, 0) is 12.1 Å². The Balaban J connectivity index is 1.26. The molecule has 2 aliphatic rings. The predicted molar refractivity (Wildman–Crippen MR) is 128 cm³/mol. The van der Waals surface area contributed by atoms with Crippen LogP contribution in [0.1, 0.15) is 17.7 Å². The van der Waals surface area contributed by atoms with Crippen molar-refractivity contribution in [3.8, 4) is 5.75 Å². The molecule has 1 aromatic carbocycles. The molecular formula is C24H21F6N7O3. The summed E-state index contributed by atoms with van der Waals surface area (Å²) in [5.74, 6) is 0.160. The van der Waals surface area contributed by atoms with Gasteiger partial charge >= 0.3 is 12.4 Å². The summed E-state index contributed by atoms with van der Waals surface area (Å²) in [5.41, 5.74) is -3.44. The first-order valence-electron chi connectivity index (χ1n) is 12.0. The van der Waals surface area contributed by atoms with Crippen LogP contribution in [0, 0.1) is 0 Å². The standard InChI is InChI=1S/C24H21F6N7O3/c25-23(26,27)15-10-19(33-34-22(15)39)37-13-14(40-17-4-2-1-3-16(17)37)9-21(38)36-7-5-35(6-8-36)20-12-31-18(11-32-20)24(28,29)30/h1-4,10-12,14H,5-9,13H2,(H,34,39)/t14-/m1/s1. The molecule has 0 spiro atoms. The number of hydrogen-bond donors (Lipinski definition) is 1. The van der Waals surface area contributed by atoms with Crippen LogP contribution in [0.25, 0.3) is 0 Å². The van der Waals surface area contributed by atoms with Gasteiger partial charge in [0.25, 0.3) is 5.56 Å². The lowest BCUT2D eigenvalue weighted by atomic mass is 10.1. The number of nitrogens with one attached hydrogen (secondary N) is 1. The number of aromatic amines is 1. The Hall–Kier alpha value is -4.37. The molecule has 5 rings (SSSR count). The highest BCUT2D eigenvalue weighted by atomic mass is 19.4. The van der Waals surface area contributed by atoms with Crippen LogP contribution in [0.4, 0.5) is 43.7 Å². The van der Waals surface area contributed by atoms with E-state index in [1.807, 2.05) is 5.10 Å². The maximum absolute atomic E-state index is 13.4. The Bertz CT molecular complexity index is 1440. The van der Waals surface area contributed by atoms with Gasteiger partial charge in [0, 0.05) is 32.2 Å².